The van der Waals surface area contributed by atoms with Gasteiger partial charge in [-0.15, -0.1) is 0 Å². The van der Waals surface area contributed by atoms with Crippen LogP contribution in [0.5, 0.6) is 0 Å². The standard InChI is InChI=1S/C3H3NO2.C.O/c5-3-1-2-4-6;;/h1-3H;;. The van der Waals surface area contributed by atoms with Gasteiger partial charge in [0.2, 0.25) is 6.20 Å². The van der Waals surface area contributed by atoms with E-state index in [4.69, 9.17) is 5.21 Å². The van der Waals surface area contributed by atoms with Crippen molar-refractivity contribution in [3.05, 3.63) is 24.9 Å². The fourth-order valence-corrected chi connectivity index (χ4v) is 0.0703. The Bertz CT molecular complexity index is 62.3. The maximum atomic E-state index is 9.28. The van der Waals surface area contributed by atoms with Gasteiger partial charge in [0, 0.05) is 19.0 Å². The summed E-state index contributed by atoms with van der Waals surface area (Å²) >= 11 is 0. The molecule has 0 unspecified atom stereocenters. The van der Waals surface area contributed by atoms with Gasteiger partial charge in [0.1, 0.15) is 6.29 Å². The SMILES string of the molecule is O=CC=C[N+][O-].[C].[O]. The number of allylic oxidation sites excluding steroid dienone is 1. The molecule has 0 fully saturated rings. The Balaban J connectivity index is -0.000000125. The fraction of sp³-hybridized carbons (Fsp3) is 0. The van der Waals surface area contributed by atoms with E-state index in [1.54, 1.807) is 0 Å². The van der Waals surface area contributed by atoms with Crippen LogP contribution in [0.4, 0.5) is 0 Å². The van der Waals surface area contributed by atoms with Crippen molar-refractivity contribution in [3.8, 4) is 0 Å². The molecule has 0 heterocycles. The molecule has 0 spiro atoms. The molecule has 0 saturated heterocycles. The molecule has 0 N–H and O–H groups in total. The Hall–Kier alpha value is -0.710. The first kappa shape index (κ1) is 15.7. The quantitative estimate of drug-likeness (QED) is 0.281. The van der Waals surface area contributed by atoms with Crippen LogP contribution in [0.15, 0.2) is 12.3 Å². The zero-order valence-corrected chi connectivity index (χ0v) is 3.90. The topological polar surface area (TPSA) is 82.7 Å². The number of hydrogen-bond acceptors (Lipinski definition) is 2. The summed E-state index contributed by atoms with van der Waals surface area (Å²) in [4.78, 5) is 9.28. The minimum Gasteiger partial charge on any atom is -0.515 e. The lowest BCUT2D eigenvalue weighted by Crippen LogP contribution is -1.75. The lowest BCUT2D eigenvalue weighted by atomic mass is 10.7. The zero-order valence-electron chi connectivity index (χ0n) is 3.90. The van der Waals surface area contributed by atoms with E-state index < -0.39 is 0 Å². The predicted octanol–water partition coefficient (Wildman–Crippen LogP) is -0.236. The summed E-state index contributed by atoms with van der Waals surface area (Å²) in [5, 5.41) is 9.07. The normalized spacial score (nSPS) is 7.12. The minimum atomic E-state index is 0. The molecule has 0 bridgehead atoms. The summed E-state index contributed by atoms with van der Waals surface area (Å²) in [5.41, 5.74) is 2.26. The molecule has 8 radical (unpaired) electrons. The molecule has 0 atom stereocenters. The van der Waals surface area contributed by atoms with E-state index in [0.717, 1.165) is 12.3 Å². The monoisotopic (exact) mass is 113 g/mol. The molecule has 0 aromatic heterocycles. The molecule has 0 aliphatic rings. The highest BCUT2D eigenvalue weighted by molar-refractivity contribution is 5.64. The van der Waals surface area contributed by atoms with Crippen LogP contribution >= 0.6 is 0 Å². The number of hydrogen-bond donors (Lipinski definition) is 0. The van der Waals surface area contributed by atoms with Crippen LogP contribution in [0.2, 0.25) is 0 Å². The van der Waals surface area contributed by atoms with Crippen molar-refractivity contribution in [2.75, 3.05) is 0 Å². The second kappa shape index (κ2) is 16.3. The van der Waals surface area contributed by atoms with Gasteiger partial charge in [-0.3, -0.25) is 4.79 Å². The summed E-state index contributed by atoms with van der Waals surface area (Å²) in [7, 11) is 0. The molecule has 0 rings (SSSR count). The average molecular weight is 113 g/mol. The predicted molar refractivity (Wildman–Crippen MR) is 24.6 cm³/mol. The Morgan fingerprint density at radius 3 is 2.12 bits per heavy atom. The van der Waals surface area contributed by atoms with Crippen LogP contribution in [0.25, 0.3) is 0 Å². The average Bonchev–Trinajstić information content (AvgIpc) is 1.61. The smallest absolute Gasteiger partial charge is 0.216 e. The van der Waals surface area contributed by atoms with E-state index in [2.05, 4.69) is 5.48 Å². The third-order valence-corrected chi connectivity index (χ3v) is 0.225. The van der Waals surface area contributed by atoms with Crippen LogP contribution in [0.1, 0.15) is 0 Å². The highest BCUT2D eigenvalue weighted by atomic mass is 16.5. The van der Waals surface area contributed by atoms with Crippen LogP contribution in [0, 0.1) is 12.6 Å². The number of hydroxylamine groups is 1. The maximum absolute atomic E-state index is 9.28. The largest absolute Gasteiger partial charge is 0.515 e. The maximum Gasteiger partial charge on any atom is 0.216 e. The van der Waals surface area contributed by atoms with Crippen molar-refractivity contribution < 1.29 is 10.3 Å². The van der Waals surface area contributed by atoms with Crippen molar-refractivity contribution in [2.45, 2.75) is 0 Å². The molecule has 4 nitrogen and oxygen atoms in total. The molecule has 0 amide bonds. The van der Waals surface area contributed by atoms with Crippen molar-refractivity contribution >= 4 is 6.29 Å². The Morgan fingerprint density at radius 2 is 2.00 bits per heavy atom. The lowest BCUT2D eigenvalue weighted by molar-refractivity contribution is -0.104. The summed E-state index contributed by atoms with van der Waals surface area (Å²) in [6.45, 7) is 0. The van der Waals surface area contributed by atoms with Gasteiger partial charge in [0.15, 0.2) is 0 Å². The first-order valence-corrected chi connectivity index (χ1v) is 1.34. The molecular weight excluding hydrogens is 110 g/mol. The summed E-state index contributed by atoms with van der Waals surface area (Å²) < 4.78 is 0. The van der Waals surface area contributed by atoms with Crippen LogP contribution in [-0.4, -0.2) is 6.29 Å². The van der Waals surface area contributed by atoms with Gasteiger partial charge in [-0.2, -0.15) is 0 Å². The lowest BCUT2D eigenvalue weighted by Gasteiger charge is -1.61. The van der Waals surface area contributed by atoms with E-state index in [1.807, 2.05) is 0 Å². The third kappa shape index (κ3) is 18.6. The van der Waals surface area contributed by atoms with Crippen molar-refractivity contribution in [1.29, 1.82) is 0 Å². The fourth-order valence-electron chi connectivity index (χ4n) is 0.0703. The van der Waals surface area contributed by atoms with Gasteiger partial charge in [-0.25, -0.2) is 0 Å². The number of nitrogens with zero attached hydrogens (tertiary/aromatic N) is 1. The number of carbonyl (C=O) groups excluding carboxylic acids is 1. The van der Waals surface area contributed by atoms with Gasteiger partial charge in [0.25, 0.3) is 0 Å². The zero-order chi connectivity index (χ0) is 4.83. The van der Waals surface area contributed by atoms with E-state index in [1.165, 1.54) is 0 Å². The van der Waals surface area contributed by atoms with Crippen LogP contribution in [-0.2, 0) is 10.3 Å². The Morgan fingerprint density at radius 1 is 1.50 bits per heavy atom. The highest BCUT2D eigenvalue weighted by Gasteiger charge is 1.68. The molecule has 42 valence electrons. The van der Waals surface area contributed by atoms with Crippen molar-refractivity contribution in [3.63, 3.8) is 0 Å². The van der Waals surface area contributed by atoms with E-state index in [0.29, 0.717) is 6.29 Å². The molecule has 8 heavy (non-hydrogen) atoms. The van der Waals surface area contributed by atoms with Crippen LogP contribution in [0.3, 0.4) is 0 Å². The number of carbonyl (C=O) groups is 1. The first-order valence-electron chi connectivity index (χ1n) is 1.34. The number of aldehydes is 1. The Labute approximate surface area is 48.1 Å². The van der Waals surface area contributed by atoms with E-state index in [-0.39, 0.29) is 12.9 Å². The molecular formula is C4H3NO3. The second-order valence-electron chi connectivity index (χ2n) is 0.583. The van der Waals surface area contributed by atoms with Gasteiger partial charge < -0.3 is 5.21 Å². The summed E-state index contributed by atoms with van der Waals surface area (Å²) in [6.07, 6.45) is 2.39. The Kier molecular flexibility index (Phi) is 31.9. The summed E-state index contributed by atoms with van der Waals surface area (Å²) in [6, 6.07) is 0. The van der Waals surface area contributed by atoms with Crippen molar-refractivity contribution in [1.82, 2.24) is 5.48 Å². The molecule has 4 heteroatoms. The minimum absolute atomic E-state index is 0. The van der Waals surface area contributed by atoms with E-state index in [9.17, 15) is 4.79 Å². The molecule has 0 aromatic rings. The first-order chi connectivity index (χ1) is 2.91. The molecule has 0 aromatic carbocycles. The van der Waals surface area contributed by atoms with Gasteiger partial charge in [0.05, 0.1) is 5.48 Å². The van der Waals surface area contributed by atoms with Gasteiger partial charge in [-0.05, 0) is 0 Å². The van der Waals surface area contributed by atoms with Crippen LogP contribution < -0.4 is 5.48 Å². The molecule has 0 saturated carbocycles. The number of rotatable bonds is 2. The molecule has 0 aliphatic heterocycles. The summed E-state index contributed by atoms with van der Waals surface area (Å²) in [5.74, 6) is 0. The highest BCUT2D eigenvalue weighted by Crippen LogP contribution is 1.55. The molecule has 0 aliphatic carbocycles. The second-order valence-corrected chi connectivity index (χ2v) is 0.583. The van der Waals surface area contributed by atoms with Crippen molar-refractivity contribution in [2.24, 2.45) is 0 Å². The van der Waals surface area contributed by atoms with Gasteiger partial charge >= 0.3 is 0 Å². The van der Waals surface area contributed by atoms with E-state index >= 15 is 0 Å². The third-order valence-electron chi connectivity index (χ3n) is 0.225. The van der Waals surface area contributed by atoms with Gasteiger partial charge in [-0.1, -0.05) is 0 Å².